The fourth-order valence-electron chi connectivity index (χ4n) is 2.15. The normalized spacial score (nSPS) is 10.2. The number of halogens is 1. The minimum atomic E-state index is -0.122. The first-order valence-electron chi connectivity index (χ1n) is 6.97. The van der Waals surface area contributed by atoms with Crippen molar-refractivity contribution in [1.82, 2.24) is 5.32 Å². The first kappa shape index (κ1) is 15.4. The van der Waals surface area contributed by atoms with Crippen molar-refractivity contribution >= 4 is 23.3 Å². The second-order valence-corrected chi connectivity index (χ2v) is 5.24. The molecule has 0 saturated heterocycles. The zero-order valence-electron chi connectivity index (χ0n) is 12.3. The van der Waals surface area contributed by atoms with Crippen molar-refractivity contribution in [2.24, 2.45) is 0 Å². The zero-order valence-corrected chi connectivity index (χ0v) is 13.0. The van der Waals surface area contributed by atoms with Crippen LogP contribution in [-0.4, -0.2) is 12.6 Å². The van der Waals surface area contributed by atoms with Gasteiger partial charge in [-0.25, -0.2) is 4.79 Å². The van der Waals surface area contributed by atoms with Crippen molar-refractivity contribution in [1.29, 1.82) is 0 Å². The number of urea groups is 1. The lowest BCUT2D eigenvalue weighted by molar-refractivity contribution is 0.246. The Labute approximate surface area is 130 Å². The van der Waals surface area contributed by atoms with Crippen LogP contribution in [0.2, 0.25) is 5.02 Å². The van der Waals surface area contributed by atoms with Gasteiger partial charge in [0.1, 0.15) is 0 Å². The number of carbonyl (C=O) groups is 1. The molecule has 0 aliphatic heterocycles. The first-order valence-corrected chi connectivity index (χ1v) is 7.35. The van der Waals surface area contributed by atoms with Gasteiger partial charge in [-0.05, 0) is 43.2 Å². The van der Waals surface area contributed by atoms with E-state index < -0.39 is 0 Å². The number of nitrogens with one attached hydrogen (secondary N) is 1. The number of hydrogen-bond acceptors (Lipinski definition) is 1. The number of carbonyl (C=O) groups excluding carboxylic acids is 1. The summed E-state index contributed by atoms with van der Waals surface area (Å²) in [5.74, 6) is 0. The molecule has 4 heteroatoms. The molecule has 2 aromatic carbocycles. The second-order valence-electron chi connectivity index (χ2n) is 4.83. The zero-order chi connectivity index (χ0) is 15.2. The van der Waals surface area contributed by atoms with Crippen molar-refractivity contribution in [2.75, 3.05) is 11.4 Å². The molecule has 0 fully saturated rings. The first-order chi connectivity index (χ1) is 10.1. The van der Waals surface area contributed by atoms with Crippen LogP contribution in [0.25, 0.3) is 0 Å². The Balaban J connectivity index is 2.06. The maximum atomic E-state index is 12.3. The number of aryl methyl sites for hydroxylation is 1. The number of benzene rings is 2. The van der Waals surface area contributed by atoms with Gasteiger partial charge in [-0.1, -0.05) is 41.9 Å². The van der Waals surface area contributed by atoms with Crippen molar-refractivity contribution in [3.05, 3.63) is 64.7 Å². The van der Waals surface area contributed by atoms with Gasteiger partial charge in [0.15, 0.2) is 0 Å². The third kappa shape index (κ3) is 3.99. The lowest BCUT2D eigenvalue weighted by atomic mass is 10.2. The summed E-state index contributed by atoms with van der Waals surface area (Å²) in [5, 5.41) is 3.57. The Morgan fingerprint density at radius 1 is 1.19 bits per heavy atom. The summed E-state index contributed by atoms with van der Waals surface area (Å²) in [5.41, 5.74) is 2.94. The molecule has 2 amide bonds. The minimum Gasteiger partial charge on any atom is -0.334 e. The topological polar surface area (TPSA) is 32.3 Å². The summed E-state index contributed by atoms with van der Waals surface area (Å²) >= 11 is 6.09. The van der Waals surface area contributed by atoms with E-state index in [0.29, 0.717) is 18.1 Å². The van der Waals surface area contributed by atoms with Crippen molar-refractivity contribution in [2.45, 2.75) is 20.4 Å². The largest absolute Gasteiger partial charge is 0.334 e. The highest BCUT2D eigenvalue weighted by molar-refractivity contribution is 6.31. The molecule has 0 bridgehead atoms. The van der Waals surface area contributed by atoms with Gasteiger partial charge in [0.05, 0.1) is 0 Å². The van der Waals surface area contributed by atoms with Crippen LogP contribution in [0.4, 0.5) is 10.5 Å². The molecule has 0 atom stereocenters. The van der Waals surface area contributed by atoms with Gasteiger partial charge in [-0.15, -0.1) is 0 Å². The van der Waals surface area contributed by atoms with Gasteiger partial charge >= 0.3 is 6.03 Å². The summed E-state index contributed by atoms with van der Waals surface area (Å²) in [4.78, 5) is 14.1. The molecule has 2 rings (SSSR count). The SMILES string of the molecule is CCN(C(=O)NCc1ccccc1Cl)c1cccc(C)c1. The predicted molar refractivity (Wildman–Crippen MR) is 87.9 cm³/mol. The predicted octanol–water partition coefficient (Wildman–Crippen LogP) is 4.38. The van der Waals surface area contributed by atoms with Crippen LogP contribution in [0.3, 0.4) is 0 Å². The van der Waals surface area contributed by atoms with Gasteiger partial charge in [-0.2, -0.15) is 0 Å². The molecule has 0 saturated carbocycles. The Morgan fingerprint density at radius 2 is 1.95 bits per heavy atom. The Morgan fingerprint density at radius 3 is 2.62 bits per heavy atom. The summed E-state index contributed by atoms with van der Waals surface area (Å²) < 4.78 is 0. The quantitative estimate of drug-likeness (QED) is 0.893. The molecule has 110 valence electrons. The lowest BCUT2D eigenvalue weighted by Crippen LogP contribution is -2.39. The van der Waals surface area contributed by atoms with Crippen LogP contribution < -0.4 is 10.2 Å². The van der Waals surface area contributed by atoms with Crippen molar-refractivity contribution in [3.63, 3.8) is 0 Å². The fraction of sp³-hybridized carbons (Fsp3) is 0.235. The van der Waals surface area contributed by atoms with Gasteiger partial charge < -0.3 is 5.32 Å². The average molecular weight is 303 g/mol. The van der Waals surface area contributed by atoms with Gasteiger partial charge in [0.2, 0.25) is 0 Å². The second kappa shape index (κ2) is 7.14. The van der Waals surface area contributed by atoms with Crippen LogP contribution in [0.5, 0.6) is 0 Å². The lowest BCUT2D eigenvalue weighted by Gasteiger charge is -2.22. The number of hydrogen-bond donors (Lipinski definition) is 1. The van der Waals surface area contributed by atoms with E-state index >= 15 is 0 Å². The van der Waals surface area contributed by atoms with E-state index in [4.69, 9.17) is 11.6 Å². The van der Waals surface area contributed by atoms with Crippen molar-refractivity contribution < 1.29 is 4.79 Å². The van der Waals surface area contributed by atoms with E-state index in [0.717, 1.165) is 16.8 Å². The molecule has 0 radical (unpaired) electrons. The molecule has 1 N–H and O–H groups in total. The van der Waals surface area contributed by atoms with E-state index in [1.165, 1.54) is 0 Å². The smallest absolute Gasteiger partial charge is 0.322 e. The van der Waals surface area contributed by atoms with Gasteiger partial charge in [0.25, 0.3) is 0 Å². The highest BCUT2D eigenvalue weighted by Gasteiger charge is 2.13. The van der Waals surface area contributed by atoms with Crippen LogP contribution >= 0.6 is 11.6 Å². The third-order valence-electron chi connectivity index (χ3n) is 3.26. The van der Waals surface area contributed by atoms with Crippen LogP contribution in [-0.2, 0) is 6.54 Å². The van der Waals surface area contributed by atoms with Crippen LogP contribution in [0.1, 0.15) is 18.1 Å². The Kier molecular flexibility index (Phi) is 5.23. The maximum Gasteiger partial charge on any atom is 0.322 e. The van der Waals surface area contributed by atoms with E-state index in [2.05, 4.69) is 5.32 Å². The van der Waals surface area contributed by atoms with Crippen molar-refractivity contribution in [3.8, 4) is 0 Å². The van der Waals surface area contributed by atoms with E-state index in [-0.39, 0.29) is 6.03 Å². The highest BCUT2D eigenvalue weighted by atomic mass is 35.5. The molecule has 0 unspecified atom stereocenters. The van der Waals surface area contributed by atoms with E-state index in [9.17, 15) is 4.79 Å². The molecule has 0 heterocycles. The van der Waals surface area contributed by atoms with Crippen LogP contribution in [0.15, 0.2) is 48.5 Å². The average Bonchev–Trinajstić information content (AvgIpc) is 2.47. The number of rotatable bonds is 4. The molecule has 0 aliphatic carbocycles. The number of anilines is 1. The number of amides is 2. The van der Waals surface area contributed by atoms with E-state index in [1.54, 1.807) is 4.90 Å². The number of nitrogens with zero attached hydrogens (tertiary/aromatic N) is 1. The molecule has 3 nitrogen and oxygen atoms in total. The van der Waals surface area contributed by atoms with Gasteiger partial charge in [0, 0.05) is 23.8 Å². The van der Waals surface area contributed by atoms with Crippen LogP contribution in [0, 0.1) is 6.92 Å². The Bertz CT molecular complexity index is 628. The fourth-order valence-corrected chi connectivity index (χ4v) is 2.35. The summed E-state index contributed by atoms with van der Waals surface area (Å²) in [6, 6.07) is 15.3. The third-order valence-corrected chi connectivity index (χ3v) is 3.63. The highest BCUT2D eigenvalue weighted by Crippen LogP contribution is 2.17. The molecular weight excluding hydrogens is 284 g/mol. The molecular formula is C17H19ClN2O. The summed E-state index contributed by atoms with van der Waals surface area (Å²) in [6.45, 7) is 5.00. The molecule has 2 aromatic rings. The Hall–Kier alpha value is -2.00. The monoisotopic (exact) mass is 302 g/mol. The van der Waals surface area contributed by atoms with E-state index in [1.807, 2.05) is 62.4 Å². The minimum absolute atomic E-state index is 0.122. The molecule has 0 aliphatic rings. The van der Waals surface area contributed by atoms with Gasteiger partial charge in [-0.3, -0.25) is 4.90 Å². The maximum absolute atomic E-state index is 12.3. The molecule has 0 aromatic heterocycles. The standard InChI is InChI=1S/C17H19ClN2O/c1-3-20(15-9-6-7-13(2)11-15)17(21)19-12-14-8-4-5-10-16(14)18/h4-11H,3,12H2,1-2H3,(H,19,21). The summed E-state index contributed by atoms with van der Waals surface area (Å²) in [6.07, 6.45) is 0. The molecule has 21 heavy (non-hydrogen) atoms. The molecule has 0 spiro atoms. The summed E-state index contributed by atoms with van der Waals surface area (Å²) in [7, 11) is 0.